The van der Waals surface area contributed by atoms with Crippen molar-refractivity contribution >= 4 is 44.0 Å². The fourth-order valence-corrected chi connectivity index (χ4v) is 4.70. The maximum atomic E-state index is 13.6. The second kappa shape index (κ2) is 10.8. The molecular formula is C31H21BrFN3O4. The third-order valence-corrected chi connectivity index (χ3v) is 6.78. The third-order valence-electron chi connectivity index (χ3n) is 6.29. The number of fused-ring (bicyclic) bond motifs is 2. The van der Waals surface area contributed by atoms with Crippen LogP contribution in [0.15, 0.2) is 110 Å². The van der Waals surface area contributed by atoms with Gasteiger partial charge in [0.2, 0.25) is 5.82 Å². The first-order valence-electron chi connectivity index (χ1n) is 12.3. The van der Waals surface area contributed by atoms with E-state index in [9.17, 15) is 9.18 Å². The van der Waals surface area contributed by atoms with Crippen LogP contribution in [0.1, 0.15) is 11.1 Å². The Balaban J connectivity index is 1.45. The number of furan rings is 1. The number of para-hydroxylation sites is 2. The Morgan fingerprint density at radius 1 is 1.02 bits per heavy atom. The van der Waals surface area contributed by atoms with Gasteiger partial charge in [0.15, 0.2) is 17.3 Å². The minimum atomic E-state index is -0.352. The maximum absolute atomic E-state index is 13.6. The summed E-state index contributed by atoms with van der Waals surface area (Å²) in [6, 6.07) is 26.0. The molecule has 2 aromatic heterocycles. The van der Waals surface area contributed by atoms with E-state index in [0.717, 1.165) is 15.4 Å². The molecule has 0 radical (unpaired) electrons. The molecule has 0 saturated heterocycles. The van der Waals surface area contributed by atoms with Crippen molar-refractivity contribution < 1.29 is 18.3 Å². The smallest absolute Gasteiger partial charge is 0.282 e. The van der Waals surface area contributed by atoms with Crippen LogP contribution in [0.25, 0.3) is 33.5 Å². The van der Waals surface area contributed by atoms with Crippen LogP contribution in [0.2, 0.25) is 0 Å². The van der Waals surface area contributed by atoms with Gasteiger partial charge in [-0.05, 0) is 66.2 Å². The first kappa shape index (κ1) is 25.5. The highest BCUT2D eigenvalue weighted by atomic mass is 79.9. The van der Waals surface area contributed by atoms with Crippen LogP contribution >= 0.6 is 15.9 Å². The lowest BCUT2D eigenvalue weighted by atomic mass is 10.2. The highest BCUT2D eigenvalue weighted by Crippen LogP contribution is 2.32. The maximum Gasteiger partial charge on any atom is 0.282 e. The Labute approximate surface area is 236 Å². The summed E-state index contributed by atoms with van der Waals surface area (Å²) in [4.78, 5) is 18.4. The number of ether oxygens (including phenoxy) is 2. The van der Waals surface area contributed by atoms with Gasteiger partial charge < -0.3 is 13.9 Å². The first-order chi connectivity index (χ1) is 19.5. The second-order valence-corrected chi connectivity index (χ2v) is 9.82. The van der Waals surface area contributed by atoms with Gasteiger partial charge in [-0.1, -0.05) is 46.3 Å². The third kappa shape index (κ3) is 4.99. The van der Waals surface area contributed by atoms with Gasteiger partial charge in [-0.2, -0.15) is 9.78 Å². The molecule has 0 aliphatic carbocycles. The molecule has 2 heterocycles. The first-order valence-corrected chi connectivity index (χ1v) is 13.1. The van der Waals surface area contributed by atoms with Crippen molar-refractivity contribution in [3.8, 4) is 23.1 Å². The lowest BCUT2D eigenvalue weighted by Crippen LogP contribution is -2.20. The number of halogens is 2. The summed E-state index contributed by atoms with van der Waals surface area (Å²) in [5.74, 6) is 1.24. The number of methoxy groups -OCH3 is 1. The summed E-state index contributed by atoms with van der Waals surface area (Å²) in [5, 5.41) is 5.83. The summed E-state index contributed by atoms with van der Waals surface area (Å²) in [5.41, 5.74) is 2.18. The molecule has 0 amide bonds. The van der Waals surface area contributed by atoms with Crippen molar-refractivity contribution in [1.82, 2.24) is 9.66 Å². The van der Waals surface area contributed by atoms with Crippen molar-refractivity contribution in [2.24, 2.45) is 5.10 Å². The Bertz CT molecular complexity index is 1950. The Morgan fingerprint density at radius 3 is 2.67 bits per heavy atom. The van der Waals surface area contributed by atoms with Crippen molar-refractivity contribution in [2.45, 2.75) is 6.61 Å². The van der Waals surface area contributed by atoms with Gasteiger partial charge in [0.05, 0.1) is 24.2 Å². The van der Waals surface area contributed by atoms with Gasteiger partial charge in [-0.25, -0.2) is 9.37 Å². The number of benzene rings is 4. The summed E-state index contributed by atoms with van der Waals surface area (Å²) in [7, 11) is 1.54. The van der Waals surface area contributed by atoms with Gasteiger partial charge in [0, 0.05) is 15.4 Å². The quantitative estimate of drug-likeness (QED) is 0.182. The van der Waals surface area contributed by atoms with E-state index in [1.54, 1.807) is 48.5 Å². The molecule has 0 saturated carbocycles. The lowest BCUT2D eigenvalue weighted by molar-refractivity contribution is 0.284. The monoisotopic (exact) mass is 597 g/mol. The minimum absolute atomic E-state index is 0.179. The van der Waals surface area contributed by atoms with Crippen LogP contribution in [0.5, 0.6) is 11.5 Å². The number of hydrogen-bond acceptors (Lipinski definition) is 6. The van der Waals surface area contributed by atoms with Crippen LogP contribution in [0.3, 0.4) is 0 Å². The standard InChI is InChI=1S/C31H21BrFN3O4/c1-38-27-8-4-5-20(29(27)39-18-19-9-12-23(33)13-10-19)17-34-36-30(35-25-7-3-2-6-24(25)31(36)37)28-16-21-15-22(32)11-14-26(21)40-28/h2-17H,18H2,1H3. The van der Waals surface area contributed by atoms with Crippen LogP contribution in [0, 0.1) is 5.82 Å². The van der Waals surface area contributed by atoms with Crippen molar-refractivity contribution in [1.29, 1.82) is 0 Å². The minimum Gasteiger partial charge on any atom is -0.493 e. The van der Waals surface area contributed by atoms with E-state index in [2.05, 4.69) is 21.0 Å². The predicted molar refractivity (Wildman–Crippen MR) is 156 cm³/mol. The number of nitrogens with zero attached hydrogens (tertiary/aromatic N) is 3. The average molecular weight is 598 g/mol. The molecule has 0 unspecified atom stereocenters. The summed E-state index contributed by atoms with van der Waals surface area (Å²) < 4.78 is 33.1. The van der Waals surface area contributed by atoms with E-state index in [4.69, 9.17) is 18.9 Å². The molecular weight excluding hydrogens is 577 g/mol. The number of aromatic nitrogens is 2. The van der Waals surface area contributed by atoms with Crippen LogP contribution in [-0.4, -0.2) is 23.0 Å². The Morgan fingerprint density at radius 2 is 1.85 bits per heavy atom. The topological polar surface area (TPSA) is 78.9 Å². The normalized spacial score (nSPS) is 11.5. The zero-order chi connectivity index (χ0) is 27.6. The van der Waals surface area contributed by atoms with Crippen LogP contribution in [-0.2, 0) is 6.61 Å². The summed E-state index contributed by atoms with van der Waals surface area (Å²) >= 11 is 3.48. The van der Waals surface area contributed by atoms with Crippen molar-refractivity contribution in [3.63, 3.8) is 0 Å². The van der Waals surface area contributed by atoms with Crippen LogP contribution in [0.4, 0.5) is 4.39 Å². The van der Waals surface area contributed by atoms with Crippen LogP contribution < -0.4 is 15.0 Å². The molecule has 0 bridgehead atoms. The van der Waals surface area contributed by atoms with E-state index >= 15 is 0 Å². The molecule has 40 heavy (non-hydrogen) atoms. The van der Waals surface area contributed by atoms with E-state index in [1.165, 1.54) is 30.1 Å². The average Bonchev–Trinajstić information content (AvgIpc) is 3.39. The van der Waals surface area contributed by atoms with E-state index in [-0.39, 0.29) is 23.8 Å². The highest BCUT2D eigenvalue weighted by Gasteiger charge is 2.17. The van der Waals surface area contributed by atoms with Gasteiger partial charge in [-0.15, -0.1) is 0 Å². The van der Waals surface area contributed by atoms with Gasteiger partial charge in [0.1, 0.15) is 18.0 Å². The fourth-order valence-electron chi connectivity index (χ4n) is 4.32. The Hall–Kier alpha value is -4.76. The SMILES string of the molecule is COc1cccc(C=Nn2c(-c3cc4cc(Br)ccc4o3)nc3ccccc3c2=O)c1OCc1ccc(F)cc1. The zero-order valence-corrected chi connectivity index (χ0v) is 22.8. The lowest BCUT2D eigenvalue weighted by Gasteiger charge is -2.13. The van der Waals surface area contributed by atoms with E-state index in [1.807, 2.05) is 30.3 Å². The molecule has 7 nitrogen and oxygen atoms in total. The zero-order valence-electron chi connectivity index (χ0n) is 21.2. The van der Waals surface area contributed by atoms with E-state index < -0.39 is 0 Å². The fraction of sp³-hybridized carbons (Fsp3) is 0.0645. The molecule has 6 aromatic rings. The highest BCUT2D eigenvalue weighted by molar-refractivity contribution is 9.10. The summed E-state index contributed by atoms with van der Waals surface area (Å²) in [6.07, 6.45) is 1.52. The molecule has 198 valence electrons. The molecule has 0 spiro atoms. The summed E-state index contributed by atoms with van der Waals surface area (Å²) in [6.45, 7) is 0.179. The number of hydrogen-bond donors (Lipinski definition) is 0. The molecule has 6 rings (SSSR count). The second-order valence-electron chi connectivity index (χ2n) is 8.90. The van der Waals surface area contributed by atoms with Crippen molar-refractivity contribution in [2.75, 3.05) is 7.11 Å². The molecule has 0 N–H and O–H groups in total. The number of rotatable bonds is 7. The molecule has 0 aliphatic heterocycles. The van der Waals surface area contributed by atoms with Gasteiger partial charge >= 0.3 is 0 Å². The molecule has 0 atom stereocenters. The predicted octanol–water partition coefficient (Wildman–Crippen LogP) is 7.18. The van der Waals surface area contributed by atoms with Gasteiger partial charge in [-0.3, -0.25) is 4.79 Å². The molecule has 0 fully saturated rings. The van der Waals surface area contributed by atoms with Gasteiger partial charge in [0.25, 0.3) is 5.56 Å². The molecule has 4 aromatic carbocycles. The Kier molecular flexibility index (Phi) is 6.88. The van der Waals surface area contributed by atoms with Crippen molar-refractivity contribution in [3.05, 3.63) is 123 Å². The molecule has 9 heteroatoms. The van der Waals surface area contributed by atoms with E-state index in [0.29, 0.717) is 39.3 Å². The largest absolute Gasteiger partial charge is 0.493 e. The molecule has 0 aliphatic rings.